The molecule has 12 heteroatoms. The maximum absolute atomic E-state index is 13.0. The van der Waals surface area contributed by atoms with Crippen LogP contribution in [0.15, 0.2) is 35.3 Å². The fourth-order valence-corrected chi connectivity index (χ4v) is 4.82. The van der Waals surface area contributed by atoms with Crippen molar-refractivity contribution in [2.24, 2.45) is 5.92 Å². The van der Waals surface area contributed by atoms with Gasteiger partial charge < -0.3 is 34.8 Å². The molecular weight excluding hydrogens is 522 g/mol. The first-order chi connectivity index (χ1) is 18.8. The first-order valence-electron chi connectivity index (χ1n) is 13.1. The molecule has 0 atom stereocenters. The summed E-state index contributed by atoms with van der Waals surface area (Å²) in [6.45, 7) is 2.69. The molecule has 3 aromatic rings. The lowest BCUT2D eigenvalue weighted by Gasteiger charge is -2.32. The van der Waals surface area contributed by atoms with Crippen molar-refractivity contribution in [1.82, 2.24) is 24.8 Å². The number of amides is 1. The lowest BCUT2D eigenvalue weighted by molar-refractivity contribution is -0.133. The minimum atomic E-state index is -0.229. The van der Waals surface area contributed by atoms with Gasteiger partial charge in [0.2, 0.25) is 11.9 Å². The highest BCUT2D eigenvalue weighted by Crippen LogP contribution is 2.29. The van der Waals surface area contributed by atoms with Crippen LogP contribution in [0.5, 0.6) is 5.75 Å². The number of nitrogens with zero attached hydrogens (tertiary/aromatic N) is 5. The Kier molecular flexibility index (Phi) is 9.60. The van der Waals surface area contributed by atoms with Crippen LogP contribution in [0, 0.1) is 5.92 Å². The zero-order valence-electron chi connectivity index (χ0n) is 22.6. The van der Waals surface area contributed by atoms with Crippen molar-refractivity contribution in [3.8, 4) is 5.75 Å². The number of hydrogen-bond donors (Lipinski definition) is 3. The molecule has 3 N–H and O–H groups in total. The molecule has 0 aliphatic carbocycles. The topological polar surface area (TPSA) is 125 Å². The van der Waals surface area contributed by atoms with Crippen molar-refractivity contribution in [2.45, 2.75) is 25.8 Å². The van der Waals surface area contributed by atoms with Gasteiger partial charge in [-0.25, -0.2) is 4.98 Å². The molecule has 0 spiro atoms. The standard InChI is InChI=1S/C27H36ClN7O4/c1-29-9-14-39-23-16-19-15-20(5-6-22(19)35(26(23)38)10-4-13-36)31-24-21(28)17-30-27(32-24)34-11-7-18(8-12-34)25(37)33(2)3/h5-6,15-18,29,36H,4,7-14H2,1-3H3,(H,30,31,32). The highest BCUT2D eigenvalue weighted by atomic mass is 35.5. The highest BCUT2D eigenvalue weighted by molar-refractivity contribution is 6.32. The fourth-order valence-electron chi connectivity index (χ4n) is 4.68. The Morgan fingerprint density at radius 2 is 2.03 bits per heavy atom. The van der Waals surface area contributed by atoms with Crippen LogP contribution in [-0.2, 0) is 11.3 Å². The van der Waals surface area contributed by atoms with Gasteiger partial charge in [-0.3, -0.25) is 9.59 Å². The molecule has 210 valence electrons. The van der Waals surface area contributed by atoms with Crippen LogP contribution < -0.4 is 25.8 Å². The fraction of sp³-hybridized carbons (Fsp3) is 0.481. The Morgan fingerprint density at radius 1 is 1.26 bits per heavy atom. The number of benzene rings is 1. The van der Waals surface area contributed by atoms with Crippen LogP contribution in [0.1, 0.15) is 19.3 Å². The number of rotatable bonds is 11. The number of aryl methyl sites for hydroxylation is 1. The van der Waals surface area contributed by atoms with Gasteiger partial charge in [0, 0.05) is 63.9 Å². The Balaban J connectivity index is 1.57. The van der Waals surface area contributed by atoms with Gasteiger partial charge in [-0.1, -0.05) is 11.6 Å². The van der Waals surface area contributed by atoms with E-state index in [0.717, 1.165) is 29.4 Å². The summed E-state index contributed by atoms with van der Waals surface area (Å²) in [5.74, 6) is 1.44. The van der Waals surface area contributed by atoms with Crippen molar-refractivity contribution < 1.29 is 14.6 Å². The van der Waals surface area contributed by atoms with Crippen molar-refractivity contribution in [1.29, 1.82) is 0 Å². The van der Waals surface area contributed by atoms with Gasteiger partial charge in [0.05, 0.1) is 11.7 Å². The van der Waals surface area contributed by atoms with E-state index >= 15 is 0 Å². The maximum Gasteiger partial charge on any atom is 0.293 e. The number of hydrogen-bond acceptors (Lipinski definition) is 9. The van der Waals surface area contributed by atoms with Crippen molar-refractivity contribution in [3.05, 3.63) is 45.8 Å². The van der Waals surface area contributed by atoms with Crippen LogP contribution in [0.4, 0.5) is 17.5 Å². The third-order valence-corrected chi connectivity index (χ3v) is 7.05. The number of nitrogens with one attached hydrogen (secondary N) is 2. The largest absolute Gasteiger partial charge is 0.487 e. The summed E-state index contributed by atoms with van der Waals surface area (Å²) >= 11 is 6.45. The predicted molar refractivity (Wildman–Crippen MR) is 153 cm³/mol. The highest BCUT2D eigenvalue weighted by Gasteiger charge is 2.27. The first kappa shape index (κ1) is 28.6. The number of carbonyl (C=O) groups is 1. The predicted octanol–water partition coefficient (Wildman–Crippen LogP) is 2.47. The second-order valence-electron chi connectivity index (χ2n) is 9.75. The van der Waals surface area contributed by atoms with Gasteiger partial charge in [-0.05, 0) is 50.6 Å². The number of halogens is 1. The SMILES string of the molecule is CNCCOc1cc2cc(Nc3nc(N4CCC(C(=O)N(C)C)CC4)ncc3Cl)ccc2n(CCCO)c1=O. The molecule has 0 saturated carbocycles. The Morgan fingerprint density at radius 3 is 2.72 bits per heavy atom. The summed E-state index contributed by atoms with van der Waals surface area (Å²) in [5, 5.41) is 16.8. The van der Waals surface area contributed by atoms with Crippen molar-refractivity contribution >= 4 is 45.9 Å². The molecule has 3 heterocycles. The molecule has 0 radical (unpaired) electrons. The molecule has 0 unspecified atom stereocenters. The van der Waals surface area contributed by atoms with E-state index in [-0.39, 0.29) is 29.7 Å². The minimum Gasteiger partial charge on any atom is -0.487 e. The summed E-state index contributed by atoms with van der Waals surface area (Å²) in [7, 11) is 5.39. The monoisotopic (exact) mass is 557 g/mol. The number of ether oxygens (including phenoxy) is 1. The van der Waals surface area contributed by atoms with E-state index in [4.69, 9.17) is 16.3 Å². The molecule has 1 fully saturated rings. The number of fused-ring (bicyclic) bond motifs is 1. The van der Waals surface area contributed by atoms with Crippen molar-refractivity contribution in [2.75, 3.05) is 64.2 Å². The number of carbonyl (C=O) groups excluding carboxylic acids is 1. The van der Waals surface area contributed by atoms with Gasteiger partial charge in [0.15, 0.2) is 11.6 Å². The zero-order chi connectivity index (χ0) is 27.9. The Labute approximate surface area is 232 Å². The number of aliphatic hydroxyl groups is 1. The summed E-state index contributed by atoms with van der Waals surface area (Å²) in [6.07, 6.45) is 3.51. The Bertz CT molecular complexity index is 1360. The average Bonchev–Trinajstić information content (AvgIpc) is 2.94. The van der Waals surface area contributed by atoms with Crippen LogP contribution >= 0.6 is 11.6 Å². The van der Waals surface area contributed by atoms with Crippen LogP contribution in [0.2, 0.25) is 5.02 Å². The third-order valence-electron chi connectivity index (χ3n) is 6.77. The number of likely N-dealkylation sites (N-methyl/N-ethyl adjacent to an activating group) is 1. The molecule has 1 aromatic carbocycles. The minimum absolute atomic E-state index is 0.0145. The summed E-state index contributed by atoms with van der Waals surface area (Å²) in [5.41, 5.74) is 1.25. The number of aromatic nitrogens is 3. The van der Waals surface area contributed by atoms with E-state index in [2.05, 4.69) is 25.5 Å². The van der Waals surface area contributed by atoms with E-state index in [1.54, 1.807) is 35.8 Å². The molecule has 2 aromatic heterocycles. The number of piperidine rings is 1. The molecule has 1 amide bonds. The second kappa shape index (κ2) is 13.1. The number of pyridine rings is 1. The summed E-state index contributed by atoms with van der Waals surface area (Å²) in [6, 6.07) is 7.36. The third kappa shape index (κ3) is 6.78. The molecule has 1 aliphatic rings. The molecule has 1 saturated heterocycles. The first-order valence-corrected chi connectivity index (χ1v) is 13.5. The van der Waals surface area contributed by atoms with Crippen molar-refractivity contribution in [3.63, 3.8) is 0 Å². The van der Waals surface area contributed by atoms with Gasteiger partial charge in [-0.15, -0.1) is 0 Å². The molecule has 1 aliphatic heterocycles. The van der Waals surface area contributed by atoms with E-state index in [0.29, 0.717) is 56.0 Å². The number of anilines is 3. The number of aliphatic hydroxyl groups excluding tert-OH is 1. The van der Waals surface area contributed by atoms with Crippen LogP contribution in [0.3, 0.4) is 0 Å². The summed E-state index contributed by atoms with van der Waals surface area (Å²) < 4.78 is 7.38. The van der Waals surface area contributed by atoms with E-state index in [9.17, 15) is 14.7 Å². The van der Waals surface area contributed by atoms with Crippen LogP contribution in [0.25, 0.3) is 10.9 Å². The van der Waals surface area contributed by atoms with E-state index in [1.807, 2.05) is 25.2 Å². The zero-order valence-corrected chi connectivity index (χ0v) is 23.4. The normalized spacial score (nSPS) is 14.0. The lowest BCUT2D eigenvalue weighted by Crippen LogP contribution is -2.40. The molecule has 4 rings (SSSR count). The van der Waals surface area contributed by atoms with Gasteiger partial charge in [-0.2, -0.15) is 4.98 Å². The smallest absolute Gasteiger partial charge is 0.293 e. The maximum atomic E-state index is 13.0. The van der Waals surface area contributed by atoms with Crippen LogP contribution in [-0.4, -0.2) is 84.4 Å². The quantitative estimate of drug-likeness (QED) is 0.305. The Hall–Kier alpha value is -3.41. The molecule has 0 bridgehead atoms. The van der Waals surface area contributed by atoms with Gasteiger partial charge in [0.1, 0.15) is 11.6 Å². The van der Waals surface area contributed by atoms with E-state index < -0.39 is 0 Å². The molecule has 39 heavy (non-hydrogen) atoms. The summed E-state index contributed by atoms with van der Waals surface area (Å²) in [4.78, 5) is 38.2. The van der Waals surface area contributed by atoms with Gasteiger partial charge >= 0.3 is 0 Å². The van der Waals surface area contributed by atoms with E-state index in [1.165, 1.54) is 0 Å². The lowest BCUT2D eigenvalue weighted by atomic mass is 9.96. The molecule has 11 nitrogen and oxygen atoms in total. The second-order valence-corrected chi connectivity index (χ2v) is 10.2. The molecular formula is C27H36ClN7O4. The average molecular weight is 558 g/mol. The van der Waals surface area contributed by atoms with Gasteiger partial charge in [0.25, 0.3) is 5.56 Å².